The van der Waals surface area contributed by atoms with Gasteiger partial charge in [-0.15, -0.1) is 0 Å². The highest BCUT2D eigenvalue weighted by molar-refractivity contribution is 6.30. The maximum absolute atomic E-state index is 13.6. The number of nitrogens with one attached hydrogen (secondary N) is 2. The molecule has 2 aliphatic rings. The highest BCUT2D eigenvalue weighted by Crippen LogP contribution is 2.29. The molecule has 1 fully saturated rings. The van der Waals surface area contributed by atoms with Gasteiger partial charge in [0.1, 0.15) is 5.82 Å². The molecule has 0 saturated heterocycles. The molecule has 4 rings (SSSR count). The Morgan fingerprint density at radius 3 is 2.83 bits per heavy atom. The minimum Gasteiger partial charge on any atom is -0.385 e. The number of aryl methyl sites for hydroxylation is 1. The van der Waals surface area contributed by atoms with Gasteiger partial charge in [0.05, 0.1) is 5.02 Å². The summed E-state index contributed by atoms with van der Waals surface area (Å²) in [4.78, 5) is 9.37. The second kappa shape index (κ2) is 9.12. The average molecular weight is 415 g/mol. The Hall–Kier alpha value is -2.14. The molecule has 1 heterocycles. The molecular formula is C23H28ClFN4. The number of hydrogen-bond donors (Lipinski definition) is 2. The third kappa shape index (κ3) is 5.08. The van der Waals surface area contributed by atoms with Crippen molar-refractivity contribution in [2.75, 3.05) is 5.32 Å². The van der Waals surface area contributed by atoms with Crippen LogP contribution in [0.15, 0.2) is 36.7 Å². The first-order valence-corrected chi connectivity index (χ1v) is 10.9. The molecule has 4 nitrogen and oxygen atoms in total. The molecule has 29 heavy (non-hydrogen) atoms. The van der Waals surface area contributed by atoms with Crippen molar-refractivity contribution in [3.8, 4) is 0 Å². The topological polar surface area (TPSA) is 49.8 Å². The third-order valence-corrected chi connectivity index (χ3v) is 6.40. The monoisotopic (exact) mass is 414 g/mol. The van der Waals surface area contributed by atoms with Gasteiger partial charge in [0.15, 0.2) is 0 Å². The molecule has 0 spiro atoms. The SMILES string of the molecule is C=C(NCc1ccc(Cl)c(F)c1)C1CCc2cnc(NC3CCCCC3)nc2C1. The number of benzene rings is 1. The zero-order valence-corrected chi connectivity index (χ0v) is 17.4. The first kappa shape index (κ1) is 20.1. The lowest BCUT2D eigenvalue weighted by atomic mass is 9.85. The van der Waals surface area contributed by atoms with Crippen LogP contribution in [0.4, 0.5) is 10.3 Å². The van der Waals surface area contributed by atoms with Gasteiger partial charge in [0, 0.05) is 36.1 Å². The van der Waals surface area contributed by atoms with Crippen LogP contribution in [0.5, 0.6) is 0 Å². The Labute approximate surface area is 177 Å². The van der Waals surface area contributed by atoms with E-state index in [2.05, 4.69) is 22.2 Å². The van der Waals surface area contributed by atoms with E-state index >= 15 is 0 Å². The van der Waals surface area contributed by atoms with E-state index in [-0.39, 0.29) is 5.02 Å². The van der Waals surface area contributed by atoms with E-state index in [1.165, 1.54) is 43.7 Å². The first-order chi connectivity index (χ1) is 14.1. The Morgan fingerprint density at radius 1 is 1.21 bits per heavy atom. The molecule has 1 saturated carbocycles. The van der Waals surface area contributed by atoms with Crippen LogP contribution < -0.4 is 10.6 Å². The molecule has 0 aliphatic heterocycles. The smallest absolute Gasteiger partial charge is 0.223 e. The van der Waals surface area contributed by atoms with Crippen molar-refractivity contribution < 1.29 is 4.39 Å². The van der Waals surface area contributed by atoms with Crippen LogP contribution in [-0.4, -0.2) is 16.0 Å². The Morgan fingerprint density at radius 2 is 2.03 bits per heavy atom. The highest BCUT2D eigenvalue weighted by Gasteiger charge is 2.23. The predicted octanol–water partition coefficient (Wildman–Crippen LogP) is 5.42. The number of hydrogen-bond acceptors (Lipinski definition) is 4. The number of halogens is 2. The lowest BCUT2D eigenvalue weighted by Crippen LogP contribution is -2.27. The maximum atomic E-state index is 13.6. The fourth-order valence-corrected chi connectivity index (χ4v) is 4.42. The second-order valence-corrected chi connectivity index (χ2v) is 8.62. The zero-order chi connectivity index (χ0) is 20.2. The largest absolute Gasteiger partial charge is 0.385 e. The van der Waals surface area contributed by atoms with E-state index < -0.39 is 5.82 Å². The minimum atomic E-state index is -0.391. The fraction of sp³-hybridized carbons (Fsp3) is 0.478. The van der Waals surface area contributed by atoms with E-state index in [1.807, 2.05) is 12.3 Å². The molecular weight excluding hydrogens is 387 g/mol. The second-order valence-electron chi connectivity index (χ2n) is 8.21. The third-order valence-electron chi connectivity index (χ3n) is 6.09. The molecule has 1 unspecified atom stereocenters. The molecule has 1 atom stereocenters. The molecule has 2 aromatic rings. The van der Waals surface area contributed by atoms with Crippen molar-refractivity contribution in [1.82, 2.24) is 15.3 Å². The fourth-order valence-electron chi connectivity index (χ4n) is 4.30. The van der Waals surface area contributed by atoms with Gasteiger partial charge in [-0.2, -0.15) is 0 Å². The minimum absolute atomic E-state index is 0.147. The summed E-state index contributed by atoms with van der Waals surface area (Å²) in [6.45, 7) is 4.77. The molecule has 2 aliphatic carbocycles. The van der Waals surface area contributed by atoms with Gasteiger partial charge in [-0.25, -0.2) is 14.4 Å². The summed E-state index contributed by atoms with van der Waals surface area (Å²) in [5, 5.41) is 7.04. The summed E-state index contributed by atoms with van der Waals surface area (Å²) in [6, 6.07) is 5.39. The molecule has 1 aromatic carbocycles. The Balaban J connectivity index is 1.35. The van der Waals surface area contributed by atoms with E-state index in [0.717, 1.165) is 42.2 Å². The van der Waals surface area contributed by atoms with Crippen molar-refractivity contribution in [1.29, 1.82) is 0 Å². The van der Waals surface area contributed by atoms with Crippen LogP contribution in [0.3, 0.4) is 0 Å². The Kier molecular flexibility index (Phi) is 6.34. The van der Waals surface area contributed by atoms with Gasteiger partial charge < -0.3 is 10.6 Å². The average Bonchev–Trinajstić information content (AvgIpc) is 2.74. The molecule has 1 aromatic heterocycles. The van der Waals surface area contributed by atoms with E-state index in [9.17, 15) is 4.39 Å². The van der Waals surface area contributed by atoms with E-state index in [4.69, 9.17) is 16.6 Å². The van der Waals surface area contributed by atoms with Gasteiger partial charge in [0.2, 0.25) is 5.95 Å². The number of fused-ring (bicyclic) bond motifs is 1. The van der Waals surface area contributed by atoms with Crippen molar-refractivity contribution in [2.24, 2.45) is 5.92 Å². The molecule has 6 heteroatoms. The summed E-state index contributed by atoms with van der Waals surface area (Å²) >= 11 is 5.76. The molecule has 0 radical (unpaired) electrons. The van der Waals surface area contributed by atoms with Crippen LogP contribution in [0.25, 0.3) is 0 Å². The van der Waals surface area contributed by atoms with Crippen LogP contribution in [0.2, 0.25) is 5.02 Å². The van der Waals surface area contributed by atoms with Gasteiger partial charge in [-0.05, 0) is 55.4 Å². The van der Waals surface area contributed by atoms with Crippen LogP contribution >= 0.6 is 11.6 Å². The Bertz CT molecular complexity index is 879. The van der Waals surface area contributed by atoms with Crippen LogP contribution in [-0.2, 0) is 19.4 Å². The van der Waals surface area contributed by atoms with Crippen LogP contribution in [0, 0.1) is 11.7 Å². The lowest BCUT2D eigenvalue weighted by Gasteiger charge is -2.27. The van der Waals surface area contributed by atoms with Crippen LogP contribution in [0.1, 0.15) is 55.3 Å². The van der Waals surface area contributed by atoms with Gasteiger partial charge in [-0.1, -0.05) is 43.5 Å². The van der Waals surface area contributed by atoms with Gasteiger partial charge in [0.25, 0.3) is 0 Å². The van der Waals surface area contributed by atoms with E-state index in [1.54, 1.807) is 6.07 Å². The standard InChI is InChI=1S/C23H28ClFN4/c1-15(26-13-16-7-10-20(24)21(25)11-16)17-8-9-18-14-27-23(29-22(18)12-17)28-19-5-3-2-4-6-19/h7,10-11,14,17,19,26H,1-6,8-9,12-13H2,(H,27,28,29). The van der Waals surface area contributed by atoms with E-state index in [0.29, 0.717) is 18.5 Å². The van der Waals surface area contributed by atoms with Crippen molar-refractivity contribution in [2.45, 2.75) is 64.0 Å². The molecule has 154 valence electrons. The van der Waals surface area contributed by atoms with Gasteiger partial charge >= 0.3 is 0 Å². The number of aromatic nitrogens is 2. The molecule has 0 amide bonds. The summed E-state index contributed by atoms with van der Waals surface area (Å²) in [7, 11) is 0. The van der Waals surface area contributed by atoms with Gasteiger partial charge in [-0.3, -0.25) is 0 Å². The number of nitrogens with zero attached hydrogens (tertiary/aromatic N) is 2. The summed E-state index contributed by atoms with van der Waals surface area (Å²) in [5.41, 5.74) is 4.19. The predicted molar refractivity (Wildman–Crippen MR) is 115 cm³/mol. The number of anilines is 1. The normalized spacial score (nSPS) is 19.4. The maximum Gasteiger partial charge on any atom is 0.223 e. The summed E-state index contributed by atoms with van der Waals surface area (Å²) in [5.74, 6) is 0.682. The zero-order valence-electron chi connectivity index (χ0n) is 16.7. The first-order valence-electron chi connectivity index (χ1n) is 10.6. The van der Waals surface area contributed by atoms with Crippen molar-refractivity contribution >= 4 is 17.5 Å². The molecule has 0 bridgehead atoms. The summed E-state index contributed by atoms with van der Waals surface area (Å²) in [6.07, 6.45) is 11.1. The number of allylic oxidation sites excluding steroid dienone is 1. The quantitative estimate of drug-likeness (QED) is 0.662. The highest BCUT2D eigenvalue weighted by atomic mass is 35.5. The lowest BCUT2D eigenvalue weighted by molar-refractivity contribution is 0.458. The summed E-state index contributed by atoms with van der Waals surface area (Å²) < 4.78 is 13.6. The molecule has 2 N–H and O–H groups in total. The van der Waals surface area contributed by atoms with Crippen molar-refractivity contribution in [3.05, 3.63) is 64.3 Å². The number of rotatable bonds is 6. The van der Waals surface area contributed by atoms with Crippen molar-refractivity contribution in [3.63, 3.8) is 0 Å².